The highest BCUT2D eigenvalue weighted by atomic mass is 16.5. The summed E-state index contributed by atoms with van der Waals surface area (Å²) in [4.78, 5) is 11.8. The Morgan fingerprint density at radius 1 is 1.37 bits per heavy atom. The molecule has 1 heterocycles. The molecule has 1 saturated heterocycles. The standard InChI is InChI=1S/C15H27NO3/c1-2-19-15(17)13-4-3-5-14(10-13)16-8-6-12-7-9-18-11-12/h12-14,16H,2-11H2,1H3. The molecule has 4 heteroatoms. The molecular formula is C15H27NO3. The molecule has 2 aliphatic rings. The van der Waals surface area contributed by atoms with Gasteiger partial charge in [-0.05, 0) is 51.5 Å². The first-order chi connectivity index (χ1) is 9.29. The Kier molecular flexibility index (Phi) is 6.11. The van der Waals surface area contributed by atoms with Gasteiger partial charge in [-0.2, -0.15) is 0 Å². The molecule has 2 rings (SSSR count). The van der Waals surface area contributed by atoms with Crippen molar-refractivity contribution in [2.75, 3.05) is 26.4 Å². The van der Waals surface area contributed by atoms with E-state index in [1.165, 1.54) is 19.3 Å². The van der Waals surface area contributed by atoms with E-state index in [-0.39, 0.29) is 11.9 Å². The Bertz CT molecular complexity index is 277. The lowest BCUT2D eigenvalue weighted by atomic mass is 9.85. The van der Waals surface area contributed by atoms with Gasteiger partial charge in [-0.25, -0.2) is 0 Å². The first-order valence-corrected chi connectivity index (χ1v) is 7.77. The average molecular weight is 269 g/mol. The SMILES string of the molecule is CCOC(=O)C1CCCC(NCCC2CCOC2)C1. The fourth-order valence-electron chi connectivity index (χ4n) is 3.15. The quantitative estimate of drug-likeness (QED) is 0.750. The zero-order valence-electron chi connectivity index (χ0n) is 12.0. The van der Waals surface area contributed by atoms with Gasteiger partial charge in [0.25, 0.3) is 0 Å². The maximum absolute atomic E-state index is 11.8. The van der Waals surface area contributed by atoms with Crippen molar-refractivity contribution in [1.82, 2.24) is 5.32 Å². The third-order valence-corrected chi connectivity index (χ3v) is 4.30. The van der Waals surface area contributed by atoms with Crippen LogP contribution in [0.25, 0.3) is 0 Å². The normalized spacial score (nSPS) is 31.3. The van der Waals surface area contributed by atoms with Crippen LogP contribution in [-0.2, 0) is 14.3 Å². The minimum absolute atomic E-state index is 0.00167. The Morgan fingerprint density at radius 2 is 2.26 bits per heavy atom. The molecule has 0 spiro atoms. The van der Waals surface area contributed by atoms with Crippen molar-refractivity contribution in [1.29, 1.82) is 0 Å². The molecule has 0 aromatic heterocycles. The predicted molar refractivity (Wildman–Crippen MR) is 73.9 cm³/mol. The first-order valence-electron chi connectivity index (χ1n) is 7.77. The summed E-state index contributed by atoms with van der Waals surface area (Å²) in [7, 11) is 0. The summed E-state index contributed by atoms with van der Waals surface area (Å²) in [6.07, 6.45) is 6.66. The third-order valence-electron chi connectivity index (χ3n) is 4.30. The van der Waals surface area contributed by atoms with Crippen LogP contribution in [0.2, 0.25) is 0 Å². The van der Waals surface area contributed by atoms with Crippen LogP contribution in [-0.4, -0.2) is 38.4 Å². The molecular weight excluding hydrogens is 242 g/mol. The van der Waals surface area contributed by atoms with Crippen LogP contribution in [0.3, 0.4) is 0 Å². The van der Waals surface area contributed by atoms with Crippen molar-refractivity contribution >= 4 is 5.97 Å². The van der Waals surface area contributed by atoms with Gasteiger partial charge in [0, 0.05) is 19.3 Å². The molecule has 0 bridgehead atoms. The van der Waals surface area contributed by atoms with Crippen LogP contribution >= 0.6 is 0 Å². The topological polar surface area (TPSA) is 47.6 Å². The number of hydrogen-bond acceptors (Lipinski definition) is 4. The number of nitrogens with one attached hydrogen (secondary N) is 1. The molecule has 4 nitrogen and oxygen atoms in total. The number of carbonyl (C=O) groups excluding carboxylic acids is 1. The molecule has 110 valence electrons. The van der Waals surface area contributed by atoms with Crippen molar-refractivity contribution in [3.63, 3.8) is 0 Å². The van der Waals surface area contributed by atoms with E-state index in [4.69, 9.17) is 9.47 Å². The zero-order valence-corrected chi connectivity index (χ0v) is 12.0. The van der Waals surface area contributed by atoms with Crippen molar-refractivity contribution < 1.29 is 14.3 Å². The van der Waals surface area contributed by atoms with Gasteiger partial charge in [0.1, 0.15) is 0 Å². The van der Waals surface area contributed by atoms with Crippen molar-refractivity contribution in [2.45, 2.75) is 51.5 Å². The van der Waals surface area contributed by atoms with E-state index in [9.17, 15) is 4.79 Å². The molecule has 19 heavy (non-hydrogen) atoms. The van der Waals surface area contributed by atoms with Gasteiger partial charge in [0.05, 0.1) is 12.5 Å². The number of carbonyl (C=O) groups is 1. The van der Waals surface area contributed by atoms with E-state index >= 15 is 0 Å². The molecule has 3 unspecified atom stereocenters. The van der Waals surface area contributed by atoms with Crippen molar-refractivity contribution in [3.8, 4) is 0 Å². The summed E-state index contributed by atoms with van der Waals surface area (Å²) in [6.45, 7) is 5.28. The van der Waals surface area contributed by atoms with Gasteiger partial charge in [-0.3, -0.25) is 4.79 Å². The fraction of sp³-hybridized carbons (Fsp3) is 0.933. The first kappa shape index (κ1) is 14.8. The summed E-state index contributed by atoms with van der Waals surface area (Å²) >= 11 is 0. The maximum Gasteiger partial charge on any atom is 0.308 e. The second kappa shape index (κ2) is 7.85. The fourth-order valence-corrected chi connectivity index (χ4v) is 3.15. The van der Waals surface area contributed by atoms with Crippen LogP contribution in [0.5, 0.6) is 0 Å². The van der Waals surface area contributed by atoms with Crippen LogP contribution in [0, 0.1) is 11.8 Å². The molecule has 0 radical (unpaired) electrons. The number of ether oxygens (including phenoxy) is 2. The van der Waals surface area contributed by atoms with E-state index < -0.39 is 0 Å². The molecule has 1 saturated carbocycles. The summed E-state index contributed by atoms with van der Waals surface area (Å²) in [5, 5.41) is 3.61. The van der Waals surface area contributed by atoms with E-state index in [0.29, 0.717) is 12.6 Å². The van der Waals surface area contributed by atoms with Crippen molar-refractivity contribution in [3.05, 3.63) is 0 Å². The van der Waals surface area contributed by atoms with Gasteiger partial charge in [-0.1, -0.05) is 6.42 Å². The van der Waals surface area contributed by atoms with E-state index in [0.717, 1.165) is 44.9 Å². The predicted octanol–water partition coefficient (Wildman–Crippen LogP) is 2.12. The number of hydrogen-bond donors (Lipinski definition) is 1. The molecule has 0 aromatic rings. The highest BCUT2D eigenvalue weighted by molar-refractivity contribution is 5.72. The van der Waals surface area contributed by atoms with Crippen LogP contribution in [0.1, 0.15) is 45.4 Å². The Balaban J connectivity index is 1.64. The lowest BCUT2D eigenvalue weighted by molar-refractivity contribution is -0.149. The molecule has 1 N–H and O–H groups in total. The van der Waals surface area contributed by atoms with Crippen molar-refractivity contribution in [2.24, 2.45) is 11.8 Å². The second-order valence-electron chi connectivity index (χ2n) is 5.78. The summed E-state index contributed by atoms with van der Waals surface area (Å²) in [5.41, 5.74) is 0. The lowest BCUT2D eigenvalue weighted by Crippen LogP contribution is -2.37. The van der Waals surface area contributed by atoms with E-state index in [1.54, 1.807) is 0 Å². The molecule has 1 aliphatic heterocycles. The largest absolute Gasteiger partial charge is 0.466 e. The minimum Gasteiger partial charge on any atom is -0.466 e. The smallest absolute Gasteiger partial charge is 0.308 e. The maximum atomic E-state index is 11.8. The van der Waals surface area contributed by atoms with Crippen LogP contribution in [0.4, 0.5) is 0 Å². The van der Waals surface area contributed by atoms with Gasteiger partial charge < -0.3 is 14.8 Å². The molecule has 2 fully saturated rings. The number of rotatable bonds is 6. The summed E-state index contributed by atoms with van der Waals surface area (Å²) in [6, 6.07) is 0.491. The van der Waals surface area contributed by atoms with Gasteiger partial charge >= 0.3 is 5.97 Å². The summed E-state index contributed by atoms with van der Waals surface area (Å²) < 4.78 is 10.5. The zero-order chi connectivity index (χ0) is 13.5. The Labute approximate surface area is 116 Å². The van der Waals surface area contributed by atoms with Gasteiger partial charge in [0.15, 0.2) is 0 Å². The Morgan fingerprint density at radius 3 is 3.00 bits per heavy atom. The molecule has 0 aromatic carbocycles. The minimum atomic E-state index is -0.00167. The average Bonchev–Trinajstić information content (AvgIpc) is 2.93. The molecule has 1 aliphatic carbocycles. The molecule has 0 amide bonds. The monoisotopic (exact) mass is 269 g/mol. The Hall–Kier alpha value is -0.610. The lowest BCUT2D eigenvalue weighted by Gasteiger charge is -2.28. The summed E-state index contributed by atoms with van der Waals surface area (Å²) in [5.74, 6) is 0.844. The van der Waals surface area contributed by atoms with Crippen LogP contribution in [0.15, 0.2) is 0 Å². The third kappa shape index (κ3) is 4.77. The van der Waals surface area contributed by atoms with Gasteiger partial charge in [-0.15, -0.1) is 0 Å². The molecule has 3 atom stereocenters. The number of esters is 1. The van der Waals surface area contributed by atoms with Gasteiger partial charge in [0.2, 0.25) is 0 Å². The van der Waals surface area contributed by atoms with E-state index in [2.05, 4.69) is 5.32 Å². The highest BCUT2D eigenvalue weighted by Gasteiger charge is 2.28. The van der Waals surface area contributed by atoms with E-state index in [1.807, 2.05) is 6.92 Å². The highest BCUT2D eigenvalue weighted by Crippen LogP contribution is 2.25. The second-order valence-corrected chi connectivity index (χ2v) is 5.78. The van der Waals surface area contributed by atoms with Crippen LogP contribution < -0.4 is 5.32 Å².